The SMILES string of the molecule is [N-]=C=Nc1ccc([N+](=O)[O-])c(CON2C(=O)CCC2=O)c1. The maximum atomic E-state index is 11.4. The zero-order chi connectivity index (χ0) is 15.4. The van der Waals surface area contributed by atoms with Crippen molar-refractivity contribution in [1.82, 2.24) is 5.06 Å². The van der Waals surface area contributed by atoms with E-state index >= 15 is 0 Å². The van der Waals surface area contributed by atoms with Crippen LogP contribution >= 0.6 is 0 Å². The van der Waals surface area contributed by atoms with Gasteiger partial charge in [-0.15, -0.1) is 0 Å². The lowest BCUT2D eigenvalue weighted by Crippen LogP contribution is -2.29. The van der Waals surface area contributed by atoms with Crippen LogP contribution in [0.15, 0.2) is 23.2 Å². The molecule has 1 aliphatic heterocycles. The van der Waals surface area contributed by atoms with Crippen LogP contribution in [0.4, 0.5) is 11.4 Å². The van der Waals surface area contributed by atoms with Crippen molar-refractivity contribution < 1.29 is 19.3 Å². The Morgan fingerprint density at radius 1 is 1.38 bits per heavy atom. The molecule has 108 valence electrons. The number of hydroxylamine groups is 2. The third kappa shape index (κ3) is 3.16. The molecule has 2 rings (SSSR count). The second-order valence-corrected chi connectivity index (χ2v) is 4.14. The highest BCUT2D eigenvalue weighted by molar-refractivity contribution is 6.00. The van der Waals surface area contributed by atoms with Gasteiger partial charge in [0.05, 0.1) is 10.5 Å². The number of aliphatic imine (C=N–C) groups is 1. The van der Waals surface area contributed by atoms with E-state index in [0.717, 1.165) is 0 Å². The molecular weight excluding hydrogens is 280 g/mol. The van der Waals surface area contributed by atoms with Crippen molar-refractivity contribution in [3.63, 3.8) is 0 Å². The van der Waals surface area contributed by atoms with Crippen molar-refractivity contribution in [3.8, 4) is 0 Å². The van der Waals surface area contributed by atoms with Crippen molar-refractivity contribution in [2.45, 2.75) is 19.4 Å². The van der Waals surface area contributed by atoms with Gasteiger partial charge in [-0.1, -0.05) is 6.07 Å². The number of imide groups is 1. The second-order valence-electron chi connectivity index (χ2n) is 4.14. The van der Waals surface area contributed by atoms with Gasteiger partial charge in [0, 0.05) is 18.9 Å². The fourth-order valence-electron chi connectivity index (χ4n) is 1.83. The van der Waals surface area contributed by atoms with Crippen molar-refractivity contribution >= 4 is 29.2 Å². The number of nitrogens with zero attached hydrogens (tertiary/aromatic N) is 4. The van der Waals surface area contributed by atoms with Gasteiger partial charge in [0.2, 0.25) is 0 Å². The number of hydrogen-bond acceptors (Lipinski definition) is 6. The Hall–Kier alpha value is -2.90. The Morgan fingerprint density at radius 3 is 2.62 bits per heavy atom. The van der Waals surface area contributed by atoms with Gasteiger partial charge in [-0.2, -0.15) is 11.1 Å². The highest BCUT2D eigenvalue weighted by Crippen LogP contribution is 2.26. The van der Waals surface area contributed by atoms with E-state index in [1.165, 1.54) is 18.2 Å². The molecule has 0 spiro atoms. The van der Waals surface area contributed by atoms with Crippen LogP contribution in [0.1, 0.15) is 18.4 Å². The molecule has 0 atom stereocenters. The summed E-state index contributed by atoms with van der Waals surface area (Å²) in [5.41, 5.74) is 0.0933. The fraction of sp³-hybridized carbons (Fsp3) is 0.250. The smallest absolute Gasteiger partial charge is 0.275 e. The summed E-state index contributed by atoms with van der Waals surface area (Å²) in [5, 5.41) is 20.0. The van der Waals surface area contributed by atoms with E-state index in [2.05, 4.69) is 4.99 Å². The number of carbonyl (C=O) groups is 2. The van der Waals surface area contributed by atoms with Crippen molar-refractivity contribution in [1.29, 1.82) is 0 Å². The number of hydrogen-bond donors (Lipinski definition) is 0. The quantitative estimate of drug-likeness (QED) is 0.352. The van der Waals surface area contributed by atoms with Gasteiger partial charge in [-0.05, 0) is 11.8 Å². The van der Waals surface area contributed by atoms with Crippen LogP contribution < -0.4 is 0 Å². The first-order valence-electron chi connectivity index (χ1n) is 5.88. The van der Waals surface area contributed by atoms with Gasteiger partial charge < -0.3 is 10.4 Å². The molecule has 1 fully saturated rings. The van der Waals surface area contributed by atoms with Crippen LogP contribution in [0.25, 0.3) is 5.41 Å². The molecule has 0 unspecified atom stereocenters. The molecule has 0 saturated carbocycles. The summed E-state index contributed by atoms with van der Waals surface area (Å²) in [7, 11) is 0. The average Bonchev–Trinajstić information content (AvgIpc) is 2.76. The Kier molecular flexibility index (Phi) is 4.17. The molecule has 0 N–H and O–H groups in total. The Morgan fingerprint density at radius 2 is 2.05 bits per heavy atom. The highest BCUT2D eigenvalue weighted by atomic mass is 16.7. The zero-order valence-corrected chi connectivity index (χ0v) is 10.7. The molecule has 2 amide bonds. The van der Waals surface area contributed by atoms with Crippen LogP contribution in [0, 0.1) is 10.1 Å². The van der Waals surface area contributed by atoms with Crippen LogP contribution in [0.5, 0.6) is 0 Å². The third-order valence-electron chi connectivity index (χ3n) is 2.79. The number of benzene rings is 1. The third-order valence-corrected chi connectivity index (χ3v) is 2.79. The van der Waals surface area contributed by atoms with E-state index in [-0.39, 0.29) is 36.4 Å². The van der Waals surface area contributed by atoms with Crippen LogP contribution in [0.3, 0.4) is 0 Å². The highest BCUT2D eigenvalue weighted by Gasteiger charge is 2.30. The minimum absolute atomic E-state index is 0.0602. The minimum atomic E-state index is -0.623. The Labute approximate surface area is 118 Å². The van der Waals surface area contributed by atoms with Gasteiger partial charge in [0.1, 0.15) is 6.61 Å². The van der Waals surface area contributed by atoms with Gasteiger partial charge >= 0.3 is 0 Å². The van der Waals surface area contributed by atoms with Crippen molar-refractivity contribution in [2.24, 2.45) is 4.99 Å². The van der Waals surface area contributed by atoms with Crippen molar-refractivity contribution in [2.75, 3.05) is 0 Å². The summed E-state index contributed by atoms with van der Waals surface area (Å²) in [5.74, 6) is -0.971. The van der Waals surface area contributed by atoms with Crippen molar-refractivity contribution in [3.05, 3.63) is 39.3 Å². The first-order valence-corrected chi connectivity index (χ1v) is 5.88. The number of amides is 2. The predicted molar refractivity (Wildman–Crippen MR) is 69.4 cm³/mol. The first-order chi connectivity index (χ1) is 10.0. The largest absolute Gasteiger partial charge is 0.422 e. The first kappa shape index (κ1) is 14.5. The van der Waals surface area contributed by atoms with Gasteiger partial charge in [-0.25, -0.2) is 0 Å². The second kappa shape index (κ2) is 6.04. The van der Waals surface area contributed by atoms with Crippen LogP contribution in [-0.2, 0) is 21.0 Å². The lowest BCUT2D eigenvalue weighted by Gasteiger charge is -2.13. The molecule has 1 aromatic rings. The summed E-state index contributed by atoms with van der Waals surface area (Å²) in [6.45, 7) is -0.345. The van der Waals surface area contributed by atoms with Crippen LogP contribution in [0.2, 0.25) is 0 Å². The van der Waals surface area contributed by atoms with E-state index in [1.54, 1.807) is 6.01 Å². The molecule has 0 aromatic heterocycles. The Balaban J connectivity index is 2.22. The number of rotatable bonds is 5. The predicted octanol–water partition coefficient (Wildman–Crippen LogP) is 1.55. The molecule has 1 aliphatic rings. The van der Waals surface area contributed by atoms with E-state index < -0.39 is 16.7 Å². The van der Waals surface area contributed by atoms with E-state index in [9.17, 15) is 19.7 Å². The van der Waals surface area contributed by atoms with Gasteiger partial charge in [-0.3, -0.25) is 24.5 Å². The average molecular weight is 289 g/mol. The number of carbonyl (C=O) groups excluding carboxylic acids is 2. The van der Waals surface area contributed by atoms with Gasteiger partial charge in [0.25, 0.3) is 17.5 Å². The zero-order valence-electron chi connectivity index (χ0n) is 10.7. The van der Waals surface area contributed by atoms with Crippen LogP contribution in [-0.4, -0.2) is 27.8 Å². The minimum Gasteiger partial charge on any atom is -0.422 e. The fourth-order valence-corrected chi connectivity index (χ4v) is 1.83. The maximum Gasteiger partial charge on any atom is 0.275 e. The van der Waals surface area contributed by atoms with E-state index in [4.69, 9.17) is 10.2 Å². The van der Waals surface area contributed by atoms with E-state index in [0.29, 0.717) is 5.06 Å². The standard InChI is InChI=1S/C12H9N4O5/c13-7-14-9-1-2-10(16(19)20)8(5-9)6-21-15-11(17)3-4-12(15)18/h1-2,5H,3-4,6H2/q-1. The summed E-state index contributed by atoms with van der Waals surface area (Å²) in [6, 6.07) is 5.36. The molecule has 1 aromatic carbocycles. The summed E-state index contributed by atoms with van der Waals surface area (Å²) in [4.78, 5) is 41.6. The number of nitro benzene ring substituents is 1. The topological polar surface area (TPSA) is 124 Å². The molecule has 21 heavy (non-hydrogen) atoms. The normalized spacial score (nSPS) is 14.2. The van der Waals surface area contributed by atoms with E-state index in [1.807, 2.05) is 0 Å². The summed E-state index contributed by atoms with van der Waals surface area (Å²) < 4.78 is 0. The monoisotopic (exact) mass is 289 g/mol. The molecule has 0 radical (unpaired) electrons. The molecule has 9 heteroatoms. The summed E-state index contributed by atoms with van der Waals surface area (Å²) >= 11 is 0. The lowest BCUT2D eigenvalue weighted by atomic mass is 10.1. The molecule has 1 heterocycles. The molecule has 0 bridgehead atoms. The summed E-state index contributed by atoms with van der Waals surface area (Å²) in [6.07, 6.45) is 0.120. The maximum absolute atomic E-state index is 11.4. The molecule has 9 nitrogen and oxygen atoms in total. The number of nitro groups is 1. The Bertz CT molecular complexity index is 650. The molecule has 1 saturated heterocycles. The molecule has 0 aliphatic carbocycles. The lowest BCUT2D eigenvalue weighted by molar-refractivity contribution is -0.386. The van der Waals surface area contributed by atoms with Gasteiger partial charge in [0.15, 0.2) is 0 Å². The molecular formula is C12H9N4O5-.